The topological polar surface area (TPSA) is 58.2 Å². The number of carbonyl (C=O) groups is 2. The van der Waals surface area contributed by atoms with E-state index in [9.17, 15) is 9.59 Å². The lowest BCUT2D eigenvalue weighted by molar-refractivity contribution is -0.127. The summed E-state index contributed by atoms with van der Waals surface area (Å²) in [6.45, 7) is 2.10. The smallest absolute Gasteiger partial charge is 0.243 e. The first-order chi connectivity index (χ1) is 8.63. The highest BCUT2D eigenvalue weighted by atomic mass is 32.1. The maximum Gasteiger partial charge on any atom is 0.243 e. The van der Waals surface area contributed by atoms with E-state index < -0.39 is 6.04 Å². The van der Waals surface area contributed by atoms with Crippen LogP contribution in [0.5, 0.6) is 0 Å². The molecule has 1 fully saturated rings. The highest BCUT2D eigenvalue weighted by molar-refractivity contribution is 7.80. The summed E-state index contributed by atoms with van der Waals surface area (Å²) < 4.78 is 0. The number of rotatable bonds is 7. The molecule has 1 rings (SSSR count). The lowest BCUT2D eigenvalue weighted by Crippen LogP contribution is -2.47. The van der Waals surface area contributed by atoms with Gasteiger partial charge in [0.1, 0.15) is 6.04 Å². The van der Waals surface area contributed by atoms with Crippen molar-refractivity contribution >= 4 is 24.4 Å². The fraction of sp³-hybridized carbons (Fsp3) is 0.846. The van der Waals surface area contributed by atoms with E-state index in [1.807, 2.05) is 0 Å². The predicted octanol–water partition coefficient (Wildman–Crippen LogP) is 1.51. The zero-order valence-corrected chi connectivity index (χ0v) is 12.0. The van der Waals surface area contributed by atoms with Gasteiger partial charge in [-0.25, -0.2) is 0 Å². The van der Waals surface area contributed by atoms with Crippen LogP contribution in [0.4, 0.5) is 0 Å². The Labute approximate surface area is 115 Å². The second-order valence-corrected chi connectivity index (χ2v) is 5.38. The molecule has 0 heterocycles. The average Bonchev–Trinajstić information content (AvgIpc) is 2.84. The minimum Gasteiger partial charge on any atom is -0.354 e. The molecule has 4 nitrogen and oxygen atoms in total. The molecule has 1 atom stereocenters. The van der Waals surface area contributed by atoms with E-state index >= 15 is 0 Å². The molecule has 1 unspecified atom stereocenters. The van der Waals surface area contributed by atoms with Crippen molar-refractivity contribution in [1.29, 1.82) is 0 Å². The largest absolute Gasteiger partial charge is 0.354 e. The normalized spacial score (nSPS) is 17.4. The average molecular weight is 272 g/mol. The summed E-state index contributed by atoms with van der Waals surface area (Å²) in [5, 5.41) is 5.44. The lowest BCUT2D eigenvalue weighted by Gasteiger charge is -2.15. The number of carbonyl (C=O) groups excluding carboxylic acids is 2. The third-order valence-electron chi connectivity index (χ3n) is 3.44. The molecule has 0 aromatic carbocycles. The fourth-order valence-corrected chi connectivity index (χ4v) is 2.72. The van der Waals surface area contributed by atoms with Crippen LogP contribution >= 0.6 is 12.6 Å². The second-order valence-electron chi connectivity index (χ2n) is 5.02. The van der Waals surface area contributed by atoms with E-state index in [1.165, 1.54) is 39.0 Å². The quantitative estimate of drug-likeness (QED) is 0.486. The van der Waals surface area contributed by atoms with Gasteiger partial charge in [-0.3, -0.25) is 9.59 Å². The first-order valence-electron chi connectivity index (χ1n) is 6.79. The van der Waals surface area contributed by atoms with Gasteiger partial charge in [0.2, 0.25) is 11.8 Å². The zero-order chi connectivity index (χ0) is 13.4. The van der Waals surface area contributed by atoms with Crippen LogP contribution in [0.15, 0.2) is 0 Å². The van der Waals surface area contributed by atoms with Gasteiger partial charge in [0, 0.05) is 19.2 Å². The van der Waals surface area contributed by atoms with E-state index in [2.05, 4.69) is 23.3 Å². The van der Waals surface area contributed by atoms with Crippen LogP contribution in [0.25, 0.3) is 0 Å². The van der Waals surface area contributed by atoms with Crippen LogP contribution < -0.4 is 10.6 Å². The van der Waals surface area contributed by atoms with Gasteiger partial charge in [0.25, 0.3) is 0 Å². The minimum atomic E-state index is -0.516. The summed E-state index contributed by atoms with van der Waals surface area (Å²) in [5.74, 6) is 0.855. The van der Waals surface area contributed by atoms with Crippen molar-refractivity contribution < 1.29 is 9.59 Å². The van der Waals surface area contributed by atoms with Crippen LogP contribution in [0.2, 0.25) is 0 Å². The van der Waals surface area contributed by atoms with E-state index in [0.29, 0.717) is 12.3 Å². The van der Waals surface area contributed by atoms with Gasteiger partial charge >= 0.3 is 0 Å². The number of hydrogen-bond donors (Lipinski definition) is 3. The van der Waals surface area contributed by atoms with Crippen LogP contribution in [-0.2, 0) is 9.59 Å². The van der Waals surface area contributed by atoms with Gasteiger partial charge < -0.3 is 10.6 Å². The Balaban J connectivity index is 2.12. The minimum absolute atomic E-state index is 0.133. The van der Waals surface area contributed by atoms with Gasteiger partial charge in [-0.2, -0.15) is 12.6 Å². The first-order valence-corrected chi connectivity index (χ1v) is 7.42. The van der Waals surface area contributed by atoms with E-state index in [-0.39, 0.29) is 11.8 Å². The Morgan fingerprint density at radius 2 is 2.00 bits per heavy atom. The maximum absolute atomic E-state index is 11.7. The van der Waals surface area contributed by atoms with E-state index in [1.54, 1.807) is 0 Å². The Morgan fingerprint density at radius 1 is 1.33 bits per heavy atom. The second kappa shape index (κ2) is 8.40. The number of amides is 2. The van der Waals surface area contributed by atoms with Gasteiger partial charge in [-0.15, -0.1) is 0 Å². The molecule has 2 amide bonds. The summed E-state index contributed by atoms with van der Waals surface area (Å²) in [6.07, 6.45) is 7.64. The molecule has 5 heteroatoms. The Morgan fingerprint density at radius 3 is 2.56 bits per heavy atom. The van der Waals surface area contributed by atoms with E-state index in [0.717, 1.165) is 12.3 Å². The number of thiol groups is 1. The first kappa shape index (κ1) is 15.3. The molecule has 0 spiro atoms. The maximum atomic E-state index is 11.7. The Kier molecular flexibility index (Phi) is 7.16. The van der Waals surface area contributed by atoms with E-state index in [4.69, 9.17) is 0 Å². The molecule has 0 bridgehead atoms. The molecule has 104 valence electrons. The summed E-state index contributed by atoms with van der Waals surface area (Å²) in [6, 6.07) is -0.516. The molecule has 0 aromatic rings. The fourth-order valence-electron chi connectivity index (χ4n) is 2.46. The highest BCUT2D eigenvalue weighted by Gasteiger charge is 2.18. The van der Waals surface area contributed by atoms with Crippen molar-refractivity contribution in [2.45, 2.75) is 51.5 Å². The molecule has 0 aromatic heterocycles. The SMILES string of the molecule is CC(=O)NC(CS)C(=O)NCCCC1CCCC1. The molecule has 0 radical (unpaired) electrons. The molecule has 2 N–H and O–H groups in total. The standard InChI is InChI=1S/C13H24N2O2S/c1-10(16)15-12(9-18)13(17)14-8-4-7-11-5-2-3-6-11/h11-12,18H,2-9H2,1H3,(H,14,17)(H,15,16). The van der Waals surface area contributed by atoms with Crippen molar-refractivity contribution in [2.75, 3.05) is 12.3 Å². The number of hydrogen-bond acceptors (Lipinski definition) is 3. The summed E-state index contributed by atoms with van der Waals surface area (Å²) in [7, 11) is 0. The predicted molar refractivity (Wildman–Crippen MR) is 75.7 cm³/mol. The lowest BCUT2D eigenvalue weighted by atomic mass is 10.0. The third kappa shape index (κ3) is 5.76. The Bertz CT molecular complexity index is 278. The van der Waals surface area contributed by atoms with Crippen molar-refractivity contribution in [3.05, 3.63) is 0 Å². The molecule has 1 aliphatic rings. The van der Waals surface area contributed by atoms with Crippen molar-refractivity contribution in [1.82, 2.24) is 10.6 Å². The summed E-state index contributed by atoms with van der Waals surface area (Å²) in [5.41, 5.74) is 0. The molecule has 0 aliphatic heterocycles. The molecular weight excluding hydrogens is 248 g/mol. The monoisotopic (exact) mass is 272 g/mol. The molecule has 1 aliphatic carbocycles. The molecular formula is C13H24N2O2S. The van der Waals surface area contributed by atoms with Gasteiger partial charge in [0.05, 0.1) is 0 Å². The summed E-state index contributed by atoms with van der Waals surface area (Å²) in [4.78, 5) is 22.6. The van der Waals surface area contributed by atoms with Crippen LogP contribution in [0.1, 0.15) is 45.4 Å². The van der Waals surface area contributed by atoms with Crippen LogP contribution in [0.3, 0.4) is 0 Å². The van der Waals surface area contributed by atoms with Gasteiger partial charge in [-0.1, -0.05) is 25.7 Å². The van der Waals surface area contributed by atoms with Crippen molar-refractivity contribution in [3.63, 3.8) is 0 Å². The highest BCUT2D eigenvalue weighted by Crippen LogP contribution is 2.28. The molecule has 18 heavy (non-hydrogen) atoms. The van der Waals surface area contributed by atoms with Crippen LogP contribution in [-0.4, -0.2) is 30.2 Å². The molecule has 0 saturated heterocycles. The van der Waals surface area contributed by atoms with Crippen molar-refractivity contribution in [3.8, 4) is 0 Å². The van der Waals surface area contributed by atoms with Crippen molar-refractivity contribution in [2.24, 2.45) is 5.92 Å². The van der Waals surface area contributed by atoms with Gasteiger partial charge in [0.15, 0.2) is 0 Å². The van der Waals surface area contributed by atoms with Crippen LogP contribution in [0, 0.1) is 5.92 Å². The summed E-state index contributed by atoms with van der Waals surface area (Å²) >= 11 is 4.07. The third-order valence-corrected chi connectivity index (χ3v) is 3.80. The number of nitrogens with one attached hydrogen (secondary N) is 2. The Hall–Kier alpha value is -0.710. The molecule has 1 saturated carbocycles. The zero-order valence-electron chi connectivity index (χ0n) is 11.1. The van der Waals surface area contributed by atoms with Gasteiger partial charge in [-0.05, 0) is 18.8 Å².